The van der Waals surface area contributed by atoms with Gasteiger partial charge in [0.2, 0.25) is 0 Å². The molecule has 3 N–H and O–H groups in total. The van der Waals surface area contributed by atoms with E-state index < -0.39 is 11.7 Å². The van der Waals surface area contributed by atoms with Crippen LogP contribution in [0.4, 0.5) is 18.9 Å². The molecule has 0 spiro atoms. The molecule has 0 amide bonds. The van der Waals surface area contributed by atoms with E-state index in [4.69, 9.17) is 5.73 Å². The molecule has 0 saturated heterocycles. The van der Waals surface area contributed by atoms with E-state index in [1.54, 1.807) is 0 Å². The van der Waals surface area contributed by atoms with Crippen molar-refractivity contribution in [1.29, 1.82) is 0 Å². The normalized spacial score (nSPS) is 24.3. The van der Waals surface area contributed by atoms with Gasteiger partial charge in [-0.15, -0.1) is 0 Å². The summed E-state index contributed by atoms with van der Waals surface area (Å²) < 4.78 is 39.2. The number of nitrogens with two attached hydrogens (primary N) is 1. The molecule has 0 aliphatic heterocycles. The van der Waals surface area contributed by atoms with Crippen molar-refractivity contribution in [1.82, 2.24) is 0 Å². The topological polar surface area (TPSA) is 38.0 Å². The number of hydrogen-bond donors (Lipinski definition) is 2. The van der Waals surface area contributed by atoms with Crippen LogP contribution in [0, 0.1) is 0 Å². The van der Waals surface area contributed by atoms with Gasteiger partial charge in [0.25, 0.3) is 0 Å². The molecule has 1 aliphatic rings. The Hall–Kier alpha value is -0.750. The quantitative estimate of drug-likeness (QED) is 0.870. The molecular weight excluding hydrogens is 309 g/mol. The number of anilines is 1. The Labute approximate surface area is 112 Å². The van der Waals surface area contributed by atoms with Gasteiger partial charge in [0.1, 0.15) is 0 Å². The second kappa shape index (κ2) is 5.09. The number of nitrogens with one attached hydrogen (secondary N) is 1. The highest BCUT2D eigenvalue weighted by molar-refractivity contribution is 9.10. The van der Waals surface area contributed by atoms with E-state index in [9.17, 15) is 13.2 Å². The van der Waals surface area contributed by atoms with Crippen LogP contribution in [0.3, 0.4) is 0 Å². The van der Waals surface area contributed by atoms with E-state index in [1.165, 1.54) is 12.1 Å². The highest BCUT2D eigenvalue weighted by Crippen LogP contribution is 2.37. The first-order valence-corrected chi connectivity index (χ1v) is 6.56. The van der Waals surface area contributed by atoms with Gasteiger partial charge in [0.15, 0.2) is 0 Å². The van der Waals surface area contributed by atoms with Gasteiger partial charge in [-0.3, -0.25) is 0 Å². The lowest BCUT2D eigenvalue weighted by Crippen LogP contribution is -2.35. The monoisotopic (exact) mass is 322 g/mol. The standard InChI is InChI=1S/C12H14BrF3N2/c13-7-4-5-8(12(14,15)16)11(6-7)18-10-3-1-2-9(10)17/h4-6,9-10,18H,1-3,17H2. The Morgan fingerprint density at radius 3 is 2.56 bits per heavy atom. The molecule has 1 saturated carbocycles. The molecule has 2 nitrogen and oxygen atoms in total. The van der Waals surface area contributed by atoms with E-state index in [0.717, 1.165) is 25.3 Å². The predicted molar refractivity (Wildman–Crippen MR) is 68.4 cm³/mol. The fourth-order valence-electron chi connectivity index (χ4n) is 2.25. The summed E-state index contributed by atoms with van der Waals surface area (Å²) in [5, 5.41) is 2.93. The number of hydrogen-bond acceptors (Lipinski definition) is 2. The molecule has 18 heavy (non-hydrogen) atoms. The van der Waals surface area contributed by atoms with Crippen molar-refractivity contribution >= 4 is 21.6 Å². The highest BCUT2D eigenvalue weighted by Gasteiger charge is 2.35. The van der Waals surface area contributed by atoms with Gasteiger partial charge in [-0.05, 0) is 37.5 Å². The first-order valence-electron chi connectivity index (χ1n) is 5.77. The summed E-state index contributed by atoms with van der Waals surface area (Å²) in [5.74, 6) is 0. The Kier molecular flexibility index (Phi) is 3.87. The summed E-state index contributed by atoms with van der Waals surface area (Å²) in [6, 6.07) is 3.76. The van der Waals surface area contributed by atoms with Crippen molar-refractivity contribution in [2.75, 3.05) is 5.32 Å². The minimum absolute atomic E-state index is 0.0786. The van der Waals surface area contributed by atoms with Gasteiger partial charge in [0, 0.05) is 22.2 Å². The third-order valence-electron chi connectivity index (χ3n) is 3.20. The summed E-state index contributed by atoms with van der Waals surface area (Å²) in [5.41, 5.74) is 5.32. The van der Waals surface area contributed by atoms with Crippen LogP contribution < -0.4 is 11.1 Å². The lowest BCUT2D eigenvalue weighted by molar-refractivity contribution is -0.137. The van der Waals surface area contributed by atoms with Crippen LogP contribution >= 0.6 is 15.9 Å². The van der Waals surface area contributed by atoms with E-state index in [2.05, 4.69) is 21.2 Å². The van der Waals surface area contributed by atoms with Crippen LogP contribution in [0.15, 0.2) is 22.7 Å². The van der Waals surface area contributed by atoms with Crippen LogP contribution in [-0.2, 0) is 6.18 Å². The molecule has 2 atom stereocenters. The molecule has 1 aliphatic carbocycles. The molecule has 0 heterocycles. The molecule has 2 rings (SSSR count). The van der Waals surface area contributed by atoms with Gasteiger partial charge in [-0.1, -0.05) is 15.9 Å². The Balaban J connectivity index is 2.28. The van der Waals surface area contributed by atoms with Gasteiger partial charge in [-0.2, -0.15) is 13.2 Å². The van der Waals surface area contributed by atoms with E-state index >= 15 is 0 Å². The molecule has 1 fully saturated rings. The van der Waals surface area contributed by atoms with E-state index in [1.807, 2.05) is 0 Å². The molecule has 2 unspecified atom stereocenters. The van der Waals surface area contributed by atoms with Crippen LogP contribution in [0.2, 0.25) is 0 Å². The van der Waals surface area contributed by atoms with Crippen molar-refractivity contribution in [3.8, 4) is 0 Å². The Morgan fingerprint density at radius 1 is 1.28 bits per heavy atom. The van der Waals surface area contributed by atoms with E-state index in [0.29, 0.717) is 4.47 Å². The maximum atomic E-state index is 12.9. The van der Waals surface area contributed by atoms with Gasteiger partial charge < -0.3 is 11.1 Å². The maximum absolute atomic E-state index is 12.9. The summed E-state index contributed by atoms with van der Waals surface area (Å²) in [6.07, 6.45) is -1.74. The smallest absolute Gasteiger partial charge is 0.380 e. The summed E-state index contributed by atoms with van der Waals surface area (Å²) in [7, 11) is 0. The Bertz CT molecular complexity index is 434. The van der Waals surface area contributed by atoms with E-state index in [-0.39, 0.29) is 17.8 Å². The number of benzene rings is 1. The molecule has 0 bridgehead atoms. The number of rotatable bonds is 2. The van der Waals surface area contributed by atoms with Crippen LogP contribution in [0.5, 0.6) is 0 Å². The molecule has 100 valence electrons. The van der Waals surface area contributed by atoms with Crippen LogP contribution in [-0.4, -0.2) is 12.1 Å². The zero-order chi connectivity index (χ0) is 13.3. The molecule has 6 heteroatoms. The molecular formula is C12H14BrF3N2. The number of alkyl halides is 3. The fourth-order valence-corrected chi connectivity index (χ4v) is 2.61. The number of halogens is 4. The SMILES string of the molecule is NC1CCCC1Nc1cc(Br)ccc1C(F)(F)F. The van der Waals surface area contributed by atoms with Crippen LogP contribution in [0.25, 0.3) is 0 Å². The Morgan fingerprint density at radius 2 is 2.00 bits per heavy atom. The average molecular weight is 323 g/mol. The lowest BCUT2D eigenvalue weighted by Gasteiger charge is -2.22. The minimum Gasteiger partial charge on any atom is -0.380 e. The summed E-state index contributed by atoms with van der Waals surface area (Å²) in [6.45, 7) is 0. The molecule has 1 aromatic carbocycles. The van der Waals surface area contributed by atoms with Crippen molar-refractivity contribution in [2.45, 2.75) is 37.5 Å². The maximum Gasteiger partial charge on any atom is 0.418 e. The zero-order valence-electron chi connectivity index (χ0n) is 9.60. The molecule has 1 aromatic rings. The third-order valence-corrected chi connectivity index (χ3v) is 3.69. The minimum atomic E-state index is -4.36. The predicted octanol–water partition coefficient (Wildman–Crippen LogP) is 3.76. The van der Waals surface area contributed by atoms with Crippen LogP contribution in [0.1, 0.15) is 24.8 Å². The van der Waals surface area contributed by atoms with Gasteiger partial charge >= 0.3 is 6.18 Å². The third kappa shape index (κ3) is 2.98. The van der Waals surface area contributed by atoms with Crippen molar-refractivity contribution < 1.29 is 13.2 Å². The average Bonchev–Trinajstić information content (AvgIpc) is 2.62. The molecule has 0 radical (unpaired) electrons. The first-order chi connectivity index (χ1) is 8.38. The van der Waals surface area contributed by atoms with Crippen molar-refractivity contribution in [3.63, 3.8) is 0 Å². The highest BCUT2D eigenvalue weighted by atomic mass is 79.9. The zero-order valence-corrected chi connectivity index (χ0v) is 11.2. The van der Waals surface area contributed by atoms with Crippen molar-refractivity contribution in [3.05, 3.63) is 28.2 Å². The van der Waals surface area contributed by atoms with Crippen molar-refractivity contribution in [2.24, 2.45) is 5.73 Å². The van der Waals surface area contributed by atoms with Gasteiger partial charge in [0.05, 0.1) is 5.56 Å². The largest absolute Gasteiger partial charge is 0.418 e. The lowest BCUT2D eigenvalue weighted by atomic mass is 10.1. The summed E-state index contributed by atoms with van der Waals surface area (Å²) in [4.78, 5) is 0. The summed E-state index contributed by atoms with van der Waals surface area (Å²) >= 11 is 3.19. The molecule has 0 aromatic heterocycles. The fraction of sp³-hybridized carbons (Fsp3) is 0.500. The second-order valence-electron chi connectivity index (χ2n) is 4.53. The van der Waals surface area contributed by atoms with Gasteiger partial charge in [-0.25, -0.2) is 0 Å². The first kappa shape index (κ1) is 13.7. The second-order valence-corrected chi connectivity index (χ2v) is 5.45.